The molecule has 0 fully saturated rings. The maximum atomic E-state index is 12.0. The zero-order valence-electron chi connectivity index (χ0n) is 13.5. The van der Waals surface area contributed by atoms with E-state index in [2.05, 4.69) is 45.0 Å². The molecule has 5 nitrogen and oxygen atoms in total. The Morgan fingerprint density at radius 2 is 2.05 bits per heavy atom. The lowest BCUT2D eigenvalue weighted by atomic mass is 9.91. The van der Waals surface area contributed by atoms with Gasteiger partial charge in [-0.3, -0.25) is 9.48 Å². The Hall–Kier alpha value is -1.36. The van der Waals surface area contributed by atoms with Gasteiger partial charge in [0.05, 0.1) is 11.7 Å². The second kappa shape index (κ2) is 6.39. The number of carbonyl (C=O) groups excluding carboxylic acids is 1. The number of nitrogens with two attached hydrogens (primary N) is 1. The van der Waals surface area contributed by atoms with E-state index in [1.807, 2.05) is 13.1 Å². The van der Waals surface area contributed by atoms with Gasteiger partial charge in [0, 0.05) is 13.1 Å². The summed E-state index contributed by atoms with van der Waals surface area (Å²) in [5.41, 5.74) is 7.03. The highest BCUT2D eigenvalue weighted by Crippen LogP contribution is 2.21. The van der Waals surface area contributed by atoms with Crippen LogP contribution in [0.15, 0.2) is 6.07 Å². The van der Waals surface area contributed by atoms with Gasteiger partial charge in [-0.15, -0.1) is 0 Å². The molecule has 0 radical (unpaired) electrons. The van der Waals surface area contributed by atoms with E-state index >= 15 is 0 Å². The predicted molar refractivity (Wildman–Crippen MR) is 82.4 cm³/mol. The molecule has 0 saturated carbocycles. The summed E-state index contributed by atoms with van der Waals surface area (Å²) in [6, 6.07) is 1.45. The van der Waals surface area contributed by atoms with Crippen molar-refractivity contribution in [3.05, 3.63) is 11.8 Å². The monoisotopic (exact) mass is 280 g/mol. The molecule has 1 heterocycles. The summed E-state index contributed by atoms with van der Waals surface area (Å²) < 4.78 is 1.70. The van der Waals surface area contributed by atoms with Crippen molar-refractivity contribution in [2.75, 3.05) is 5.32 Å². The highest BCUT2D eigenvalue weighted by Gasteiger charge is 2.19. The zero-order valence-corrected chi connectivity index (χ0v) is 13.5. The van der Waals surface area contributed by atoms with Crippen molar-refractivity contribution >= 4 is 11.7 Å². The van der Waals surface area contributed by atoms with Crippen molar-refractivity contribution in [1.29, 1.82) is 0 Å². The van der Waals surface area contributed by atoms with Crippen molar-refractivity contribution < 1.29 is 4.79 Å². The van der Waals surface area contributed by atoms with E-state index in [4.69, 9.17) is 5.73 Å². The molecule has 20 heavy (non-hydrogen) atoms. The van der Waals surface area contributed by atoms with Crippen LogP contribution in [-0.4, -0.2) is 21.7 Å². The minimum absolute atomic E-state index is 0.149. The topological polar surface area (TPSA) is 72.9 Å². The van der Waals surface area contributed by atoms with E-state index in [9.17, 15) is 4.79 Å². The van der Waals surface area contributed by atoms with Gasteiger partial charge in [-0.2, -0.15) is 5.10 Å². The summed E-state index contributed by atoms with van der Waals surface area (Å²) in [4.78, 5) is 12.0. The highest BCUT2D eigenvalue weighted by molar-refractivity contribution is 5.94. The first-order valence-electron chi connectivity index (χ1n) is 7.18. The summed E-state index contributed by atoms with van der Waals surface area (Å²) in [6.45, 7) is 10.6. The van der Waals surface area contributed by atoms with Crippen LogP contribution >= 0.6 is 0 Å². The van der Waals surface area contributed by atoms with Crippen LogP contribution in [0.3, 0.4) is 0 Å². The number of aryl methyl sites for hydroxylation is 1. The summed E-state index contributed by atoms with van der Waals surface area (Å²) in [5.74, 6) is 0.955. The first-order valence-corrected chi connectivity index (χ1v) is 7.18. The molecule has 1 atom stereocenters. The first kappa shape index (κ1) is 16.7. The molecule has 114 valence electrons. The van der Waals surface area contributed by atoms with E-state index in [0.29, 0.717) is 18.2 Å². The molecule has 0 bridgehead atoms. The number of hydrogen-bond donors (Lipinski definition) is 2. The normalized spacial score (nSPS) is 13.6. The van der Waals surface area contributed by atoms with Crippen molar-refractivity contribution in [2.24, 2.45) is 24.1 Å². The number of amides is 1. The van der Waals surface area contributed by atoms with Gasteiger partial charge in [0.15, 0.2) is 0 Å². The maximum absolute atomic E-state index is 12.0. The van der Waals surface area contributed by atoms with Crippen LogP contribution in [-0.2, 0) is 18.3 Å². The van der Waals surface area contributed by atoms with Gasteiger partial charge in [0.25, 0.3) is 0 Å². The van der Waals surface area contributed by atoms with Crippen LogP contribution in [0, 0.1) is 11.3 Å². The summed E-state index contributed by atoms with van der Waals surface area (Å²) in [6.07, 6.45) is 1.55. The van der Waals surface area contributed by atoms with E-state index < -0.39 is 6.04 Å². The first-order chi connectivity index (χ1) is 9.08. The lowest BCUT2D eigenvalue weighted by Crippen LogP contribution is -2.37. The van der Waals surface area contributed by atoms with E-state index in [0.717, 1.165) is 12.1 Å². The fourth-order valence-corrected chi connectivity index (χ4v) is 2.11. The fourth-order valence-electron chi connectivity index (χ4n) is 2.11. The van der Waals surface area contributed by atoms with Crippen LogP contribution in [0.1, 0.15) is 46.7 Å². The molecular formula is C15H28N4O. The number of aromatic nitrogens is 2. The van der Waals surface area contributed by atoms with Crippen molar-refractivity contribution in [3.63, 3.8) is 0 Å². The average molecular weight is 280 g/mol. The number of hydrogen-bond acceptors (Lipinski definition) is 3. The molecule has 0 aliphatic carbocycles. The third-order valence-electron chi connectivity index (χ3n) is 2.96. The molecule has 5 heteroatoms. The molecule has 1 amide bonds. The third-order valence-corrected chi connectivity index (χ3v) is 2.96. The van der Waals surface area contributed by atoms with Gasteiger partial charge < -0.3 is 11.1 Å². The Kier molecular flexibility index (Phi) is 5.34. The molecule has 0 aliphatic rings. The third kappa shape index (κ3) is 5.33. The molecule has 1 aromatic rings. The fraction of sp³-hybridized carbons (Fsp3) is 0.733. The standard InChI is InChI=1S/C15H28N4O/c1-10(2)7-12(16)14(20)17-13-8-11(18-19(13)6)9-15(3,4)5/h8,10,12H,7,9,16H2,1-6H3,(H,17,20)/t12-/m0/s1. The number of rotatable bonds is 5. The van der Waals surface area contributed by atoms with Gasteiger partial charge in [-0.25, -0.2) is 0 Å². The lowest BCUT2D eigenvalue weighted by Gasteiger charge is -2.15. The zero-order chi connectivity index (χ0) is 15.5. The van der Waals surface area contributed by atoms with Crippen LogP contribution in [0.2, 0.25) is 0 Å². The van der Waals surface area contributed by atoms with E-state index in [1.54, 1.807) is 4.68 Å². The van der Waals surface area contributed by atoms with Gasteiger partial charge in [-0.05, 0) is 24.2 Å². The quantitative estimate of drug-likeness (QED) is 0.869. The lowest BCUT2D eigenvalue weighted by molar-refractivity contribution is -0.117. The van der Waals surface area contributed by atoms with Gasteiger partial charge in [0.2, 0.25) is 5.91 Å². The van der Waals surface area contributed by atoms with Gasteiger partial charge in [0.1, 0.15) is 5.82 Å². The second-order valence-corrected chi connectivity index (χ2v) is 7.11. The summed E-state index contributed by atoms with van der Waals surface area (Å²) >= 11 is 0. The van der Waals surface area contributed by atoms with Gasteiger partial charge >= 0.3 is 0 Å². The van der Waals surface area contributed by atoms with Crippen LogP contribution in [0.25, 0.3) is 0 Å². The SMILES string of the molecule is CC(C)C[C@H](N)C(=O)Nc1cc(CC(C)(C)C)nn1C. The number of nitrogens with one attached hydrogen (secondary N) is 1. The Morgan fingerprint density at radius 1 is 1.45 bits per heavy atom. The largest absolute Gasteiger partial charge is 0.320 e. The number of nitrogens with zero attached hydrogens (tertiary/aromatic N) is 2. The Morgan fingerprint density at radius 3 is 2.55 bits per heavy atom. The molecule has 3 N–H and O–H groups in total. The molecule has 0 unspecified atom stereocenters. The molecule has 1 aromatic heterocycles. The maximum Gasteiger partial charge on any atom is 0.242 e. The highest BCUT2D eigenvalue weighted by atomic mass is 16.2. The average Bonchev–Trinajstić information content (AvgIpc) is 2.55. The molecule has 0 aromatic carbocycles. The van der Waals surface area contributed by atoms with Crippen LogP contribution in [0.5, 0.6) is 0 Å². The molecule has 0 spiro atoms. The Bertz CT molecular complexity index is 457. The smallest absolute Gasteiger partial charge is 0.242 e. The number of anilines is 1. The Balaban J connectivity index is 2.71. The minimum atomic E-state index is -0.476. The van der Waals surface area contributed by atoms with Crippen molar-refractivity contribution in [2.45, 2.75) is 53.5 Å². The van der Waals surface area contributed by atoms with E-state index in [-0.39, 0.29) is 11.3 Å². The van der Waals surface area contributed by atoms with Gasteiger partial charge in [-0.1, -0.05) is 34.6 Å². The number of carbonyl (C=O) groups is 1. The summed E-state index contributed by atoms with van der Waals surface area (Å²) in [5, 5.41) is 7.29. The van der Waals surface area contributed by atoms with Crippen LogP contribution in [0.4, 0.5) is 5.82 Å². The van der Waals surface area contributed by atoms with Crippen molar-refractivity contribution in [1.82, 2.24) is 9.78 Å². The molecule has 1 rings (SSSR count). The molecule has 0 saturated heterocycles. The predicted octanol–water partition coefficient (Wildman–Crippen LogP) is 2.32. The second-order valence-electron chi connectivity index (χ2n) is 7.11. The Labute approximate surface area is 121 Å². The van der Waals surface area contributed by atoms with E-state index in [1.165, 1.54) is 0 Å². The summed E-state index contributed by atoms with van der Waals surface area (Å²) in [7, 11) is 1.83. The minimum Gasteiger partial charge on any atom is -0.320 e. The van der Waals surface area contributed by atoms with Crippen LogP contribution < -0.4 is 11.1 Å². The molecular weight excluding hydrogens is 252 g/mol. The van der Waals surface area contributed by atoms with Crippen molar-refractivity contribution in [3.8, 4) is 0 Å². The molecule has 0 aliphatic heterocycles.